The molecule has 1 heterocycles. The van der Waals surface area contributed by atoms with Gasteiger partial charge in [-0.2, -0.15) is 0 Å². The van der Waals surface area contributed by atoms with Crippen molar-refractivity contribution >= 4 is 11.8 Å². The molecule has 1 amide bonds. The second-order valence-electron chi connectivity index (χ2n) is 5.01. The smallest absolute Gasteiger partial charge is 0.261 e. The van der Waals surface area contributed by atoms with Gasteiger partial charge in [0.2, 0.25) is 5.88 Å². The Bertz CT molecular complexity index is 825. The highest BCUT2D eigenvalue weighted by Gasteiger charge is 2.18. The molecule has 1 aromatic heterocycles. The molecule has 5 nitrogen and oxygen atoms in total. The summed E-state index contributed by atoms with van der Waals surface area (Å²) in [7, 11) is 1.53. The van der Waals surface area contributed by atoms with E-state index in [4.69, 9.17) is 9.26 Å². The number of carbonyl (C=O) groups excluding carboxylic acids is 1. The molecule has 23 heavy (non-hydrogen) atoms. The van der Waals surface area contributed by atoms with Gasteiger partial charge in [-0.1, -0.05) is 47.6 Å². The van der Waals surface area contributed by atoms with Crippen LogP contribution in [-0.2, 0) is 0 Å². The van der Waals surface area contributed by atoms with Crippen LogP contribution in [0.1, 0.15) is 15.9 Å². The Morgan fingerprint density at radius 2 is 1.78 bits per heavy atom. The summed E-state index contributed by atoms with van der Waals surface area (Å²) in [5.74, 6) is 0.534. The number of nitrogens with one attached hydrogen (secondary N) is 1. The topological polar surface area (TPSA) is 64.4 Å². The average Bonchev–Trinajstić information content (AvgIpc) is 2.96. The van der Waals surface area contributed by atoms with Crippen molar-refractivity contribution < 1.29 is 14.1 Å². The molecule has 0 fully saturated rings. The predicted molar refractivity (Wildman–Crippen MR) is 87.6 cm³/mol. The number of amides is 1. The van der Waals surface area contributed by atoms with Crippen LogP contribution >= 0.6 is 0 Å². The molecule has 0 saturated heterocycles. The molecule has 1 N–H and O–H groups in total. The molecule has 0 atom stereocenters. The van der Waals surface area contributed by atoms with Crippen molar-refractivity contribution in [2.75, 3.05) is 12.4 Å². The van der Waals surface area contributed by atoms with Crippen molar-refractivity contribution in [1.29, 1.82) is 0 Å². The van der Waals surface area contributed by atoms with Crippen molar-refractivity contribution in [2.24, 2.45) is 0 Å². The number of nitrogens with zero attached hydrogens (tertiary/aromatic N) is 1. The first kappa shape index (κ1) is 14.8. The lowest BCUT2D eigenvalue weighted by Gasteiger charge is -2.07. The van der Waals surface area contributed by atoms with E-state index in [1.54, 1.807) is 18.2 Å². The van der Waals surface area contributed by atoms with Gasteiger partial charge in [0, 0.05) is 11.1 Å². The number of ether oxygens (including phenoxy) is 1. The minimum absolute atomic E-state index is 0.304. The maximum absolute atomic E-state index is 12.4. The fourth-order valence-electron chi connectivity index (χ4n) is 2.32. The van der Waals surface area contributed by atoms with Gasteiger partial charge in [0.05, 0.1) is 12.7 Å². The van der Waals surface area contributed by atoms with Crippen LogP contribution in [0.2, 0.25) is 0 Å². The highest BCUT2D eigenvalue weighted by Crippen LogP contribution is 2.28. The van der Waals surface area contributed by atoms with Crippen molar-refractivity contribution in [2.45, 2.75) is 6.92 Å². The van der Waals surface area contributed by atoms with Gasteiger partial charge in [-0.25, -0.2) is 0 Å². The fraction of sp³-hybridized carbons (Fsp3) is 0.111. The number of anilines is 1. The Hall–Kier alpha value is -3.08. The molecule has 2 aromatic carbocycles. The van der Waals surface area contributed by atoms with Crippen LogP contribution in [0.4, 0.5) is 5.88 Å². The molecule has 3 aromatic rings. The van der Waals surface area contributed by atoms with E-state index in [-0.39, 0.29) is 5.91 Å². The third kappa shape index (κ3) is 2.94. The lowest BCUT2D eigenvalue weighted by atomic mass is 10.1. The van der Waals surface area contributed by atoms with Crippen molar-refractivity contribution in [1.82, 2.24) is 5.16 Å². The van der Waals surface area contributed by atoms with Gasteiger partial charge in [0.15, 0.2) is 0 Å². The first-order chi connectivity index (χ1) is 11.2. The Morgan fingerprint density at radius 1 is 1.09 bits per heavy atom. The van der Waals surface area contributed by atoms with Gasteiger partial charge < -0.3 is 9.26 Å². The third-order valence-corrected chi connectivity index (χ3v) is 3.55. The van der Waals surface area contributed by atoms with E-state index < -0.39 is 0 Å². The molecule has 0 aliphatic heterocycles. The van der Waals surface area contributed by atoms with Gasteiger partial charge in [-0.3, -0.25) is 10.1 Å². The zero-order chi connectivity index (χ0) is 16.2. The summed E-state index contributed by atoms with van der Waals surface area (Å²) in [6.45, 7) is 1.86. The molecule has 0 aliphatic carbocycles. The van der Waals surface area contributed by atoms with E-state index >= 15 is 0 Å². The van der Waals surface area contributed by atoms with Crippen LogP contribution in [0, 0.1) is 6.92 Å². The Balaban J connectivity index is 1.87. The van der Waals surface area contributed by atoms with Gasteiger partial charge in [0.25, 0.3) is 5.91 Å². The highest BCUT2D eigenvalue weighted by molar-refractivity contribution is 6.06. The van der Waals surface area contributed by atoms with Gasteiger partial charge in [-0.05, 0) is 19.1 Å². The molecule has 0 bridgehead atoms. The molecular formula is C18H16N2O3. The van der Waals surface area contributed by atoms with E-state index in [1.165, 1.54) is 7.11 Å². The minimum atomic E-state index is -0.304. The SMILES string of the molecule is COc1ccccc1C(=O)Nc1onc(-c2ccccc2)c1C. The summed E-state index contributed by atoms with van der Waals surface area (Å²) < 4.78 is 10.5. The Morgan fingerprint density at radius 3 is 2.52 bits per heavy atom. The first-order valence-electron chi connectivity index (χ1n) is 7.16. The van der Waals surface area contributed by atoms with Crippen LogP contribution in [0.3, 0.4) is 0 Å². The summed E-state index contributed by atoms with van der Waals surface area (Å²) in [5, 5.41) is 6.80. The van der Waals surface area contributed by atoms with E-state index in [2.05, 4.69) is 10.5 Å². The second kappa shape index (κ2) is 6.36. The van der Waals surface area contributed by atoms with E-state index in [1.807, 2.05) is 43.3 Å². The molecule has 3 rings (SSSR count). The number of methoxy groups -OCH3 is 1. The van der Waals surface area contributed by atoms with Crippen LogP contribution < -0.4 is 10.1 Å². The monoisotopic (exact) mass is 308 g/mol. The van der Waals surface area contributed by atoms with Crippen LogP contribution in [0.25, 0.3) is 11.3 Å². The number of aromatic nitrogens is 1. The number of rotatable bonds is 4. The summed E-state index contributed by atoms with van der Waals surface area (Å²) in [6.07, 6.45) is 0. The number of carbonyl (C=O) groups is 1. The minimum Gasteiger partial charge on any atom is -0.496 e. The number of hydrogen-bond donors (Lipinski definition) is 1. The van der Waals surface area contributed by atoms with E-state index in [0.717, 1.165) is 11.1 Å². The summed E-state index contributed by atoms with van der Waals surface area (Å²) >= 11 is 0. The normalized spacial score (nSPS) is 10.3. The lowest BCUT2D eigenvalue weighted by Crippen LogP contribution is -2.13. The van der Waals surface area contributed by atoms with Crippen LogP contribution in [0.5, 0.6) is 5.75 Å². The molecule has 0 spiro atoms. The highest BCUT2D eigenvalue weighted by atomic mass is 16.5. The third-order valence-electron chi connectivity index (χ3n) is 3.55. The largest absolute Gasteiger partial charge is 0.496 e. The quantitative estimate of drug-likeness (QED) is 0.793. The first-order valence-corrected chi connectivity index (χ1v) is 7.16. The lowest BCUT2D eigenvalue weighted by molar-refractivity contribution is 0.102. The Kier molecular flexibility index (Phi) is 4.10. The van der Waals surface area contributed by atoms with Crippen molar-refractivity contribution in [3.8, 4) is 17.0 Å². The summed E-state index contributed by atoms with van der Waals surface area (Å²) in [4.78, 5) is 12.4. The Labute approximate surface area is 133 Å². The zero-order valence-electron chi connectivity index (χ0n) is 12.9. The van der Waals surface area contributed by atoms with Crippen molar-refractivity contribution in [3.63, 3.8) is 0 Å². The number of para-hydroxylation sites is 1. The standard InChI is InChI=1S/C18H16N2O3/c1-12-16(13-8-4-3-5-9-13)20-23-18(12)19-17(21)14-10-6-7-11-15(14)22-2/h3-11H,1-2H3,(H,19,21). The molecule has 5 heteroatoms. The van der Waals surface area contributed by atoms with Crippen LogP contribution in [-0.4, -0.2) is 18.2 Å². The van der Waals surface area contributed by atoms with Crippen molar-refractivity contribution in [3.05, 3.63) is 65.7 Å². The van der Waals surface area contributed by atoms with Crippen LogP contribution in [0.15, 0.2) is 59.1 Å². The molecule has 0 aliphatic rings. The summed E-state index contributed by atoms with van der Waals surface area (Å²) in [6, 6.07) is 16.7. The van der Waals surface area contributed by atoms with Gasteiger partial charge >= 0.3 is 0 Å². The molecule has 0 unspecified atom stereocenters. The van der Waals surface area contributed by atoms with Gasteiger partial charge in [0.1, 0.15) is 11.4 Å². The van der Waals surface area contributed by atoms with E-state index in [9.17, 15) is 4.79 Å². The maximum Gasteiger partial charge on any atom is 0.261 e. The summed E-state index contributed by atoms with van der Waals surface area (Å²) in [5.41, 5.74) is 2.86. The maximum atomic E-state index is 12.4. The van der Waals surface area contributed by atoms with Gasteiger partial charge in [-0.15, -0.1) is 0 Å². The molecule has 0 saturated carbocycles. The predicted octanol–water partition coefficient (Wildman–Crippen LogP) is 3.91. The average molecular weight is 308 g/mol. The fourth-order valence-corrected chi connectivity index (χ4v) is 2.32. The molecule has 0 radical (unpaired) electrons. The molecular weight excluding hydrogens is 292 g/mol. The number of benzene rings is 2. The second-order valence-corrected chi connectivity index (χ2v) is 5.01. The van der Waals surface area contributed by atoms with E-state index in [0.29, 0.717) is 22.9 Å². The zero-order valence-corrected chi connectivity index (χ0v) is 12.9. The number of hydrogen-bond acceptors (Lipinski definition) is 4. The molecule has 116 valence electrons.